The molecule has 1 amide bonds. The Kier molecular flexibility index (Phi) is 3.80. The van der Waals surface area contributed by atoms with Gasteiger partial charge in [-0.3, -0.25) is 14.6 Å². The van der Waals surface area contributed by atoms with Crippen molar-refractivity contribution in [2.24, 2.45) is 0 Å². The number of aromatic nitrogens is 1. The maximum atomic E-state index is 11.8. The summed E-state index contributed by atoms with van der Waals surface area (Å²) >= 11 is 0. The van der Waals surface area contributed by atoms with E-state index in [2.05, 4.69) is 4.98 Å². The number of carbonyl (C=O) groups is 1. The molecule has 15 heavy (non-hydrogen) atoms. The fourth-order valence-electron chi connectivity index (χ4n) is 1.29. The lowest BCUT2D eigenvalue weighted by atomic mass is 10.0. The van der Waals surface area contributed by atoms with Gasteiger partial charge < -0.3 is 0 Å². The third kappa shape index (κ3) is 2.53. The number of pyridine rings is 1. The van der Waals surface area contributed by atoms with Crippen molar-refractivity contribution in [2.75, 3.05) is 14.2 Å². The Labute approximate surface area is 89.8 Å². The highest BCUT2D eigenvalue weighted by Crippen LogP contribution is 2.18. The Bertz CT molecular complexity index is 350. The van der Waals surface area contributed by atoms with E-state index in [0.29, 0.717) is 5.69 Å². The van der Waals surface area contributed by atoms with E-state index in [9.17, 15) is 4.79 Å². The summed E-state index contributed by atoms with van der Waals surface area (Å²) in [5.74, 6) is 0.0460. The summed E-state index contributed by atoms with van der Waals surface area (Å²) in [5, 5.41) is 1.17. The number of hydrogen-bond donors (Lipinski definition) is 0. The van der Waals surface area contributed by atoms with Crippen molar-refractivity contribution < 1.29 is 9.63 Å². The zero-order valence-corrected chi connectivity index (χ0v) is 9.52. The molecular formula is C11H16N2O2. The highest BCUT2D eigenvalue weighted by Gasteiger charge is 2.18. The first-order chi connectivity index (χ1) is 7.07. The minimum atomic E-state index is -0.221. The summed E-state index contributed by atoms with van der Waals surface area (Å²) in [5.41, 5.74) is 1.39. The van der Waals surface area contributed by atoms with E-state index in [1.54, 1.807) is 13.2 Å². The number of hydrogen-bond acceptors (Lipinski definition) is 3. The maximum Gasteiger partial charge on any atom is 0.296 e. The predicted octanol–water partition coefficient (Wildman–Crippen LogP) is 1.84. The van der Waals surface area contributed by atoms with Gasteiger partial charge in [0.05, 0.1) is 7.11 Å². The summed E-state index contributed by atoms with van der Waals surface area (Å²) in [6.45, 7) is 4.06. The first-order valence-corrected chi connectivity index (χ1v) is 4.85. The minimum Gasteiger partial charge on any atom is -0.274 e. The predicted molar refractivity (Wildman–Crippen MR) is 57.4 cm³/mol. The van der Waals surface area contributed by atoms with Gasteiger partial charge in [-0.25, -0.2) is 5.06 Å². The second-order valence-corrected chi connectivity index (χ2v) is 3.58. The van der Waals surface area contributed by atoms with E-state index >= 15 is 0 Å². The Hall–Kier alpha value is -1.42. The highest BCUT2D eigenvalue weighted by atomic mass is 16.7. The molecule has 1 rings (SSSR count). The number of nitrogens with zero attached hydrogens (tertiary/aromatic N) is 2. The van der Waals surface area contributed by atoms with Crippen molar-refractivity contribution in [2.45, 2.75) is 19.8 Å². The molecule has 0 fully saturated rings. The topological polar surface area (TPSA) is 42.4 Å². The third-order valence-electron chi connectivity index (χ3n) is 2.22. The fourth-order valence-corrected chi connectivity index (χ4v) is 1.29. The normalized spacial score (nSPS) is 10.5. The molecule has 0 aliphatic heterocycles. The average molecular weight is 208 g/mol. The second-order valence-electron chi connectivity index (χ2n) is 3.58. The standard InChI is InChI=1S/C11H16N2O2/c1-8(2)9-6-5-7-12-10(9)11(14)13(3)15-4/h5-8H,1-4H3. The van der Waals surface area contributed by atoms with Crippen LogP contribution in [0.4, 0.5) is 0 Å². The van der Waals surface area contributed by atoms with Crippen LogP contribution in [0, 0.1) is 0 Å². The van der Waals surface area contributed by atoms with Crippen molar-refractivity contribution in [1.29, 1.82) is 0 Å². The Morgan fingerprint density at radius 1 is 1.53 bits per heavy atom. The molecule has 0 bridgehead atoms. The van der Waals surface area contributed by atoms with E-state index < -0.39 is 0 Å². The summed E-state index contributed by atoms with van der Waals surface area (Å²) in [6.07, 6.45) is 1.61. The van der Waals surface area contributed by atoms with Crippen LogP contribution in [0.1, 0.15) is 35.8 Å². The number of rotatable bonds is 3. The van der Waals surface area contributed by atoms with E-state index in [4.69, 9.17) is 4.84 Å². The highest BCUT2D eigenvalue weighted by molar-refractivity contribution is 5.93. The van der Waals surface area contributed by atoms with Gasteiger partial charge in [0.1, 0.15) is 5.69 Å². The Morgan fingerprint density at radius 2 is 2.20 bits per heavy atom. The van der Waals surface area contributed by atoms with Gasteiger partial charge in [-0.15, -0.1) is 0 Å². The molecule has 0 spiro atoms. The van der Waals surface area contributed by atoms with Gasteiger partial charge in [-0.2, -0.15) is 0 Å². The first-order valence-electron chi connectivity index (χ1n) is 4.85. The quantitative estimate of drug-likeness (QED) is 0.712. The van der Waals surface area contributed by atoms with Crippen molar-refractivity contribution in [1.82, 2.24) is 10.0 Å². The smallest absolute Gasteiger partial charge is 0.274 e. The fraction of sp³-hybridized carbons (Fsp3) is 0.455. The average Bonchev–Trinajstić information content (AvgIpc) is 2.27. The van der Waals surface area contributed by atoms with Crippen LogP contribution in [0.2, 0.25) is 0 Å². The van der Waals surface area contributed by atoms with Crippen LogP contribution in [0.5, 0.6) is 0 Å². The maximum absolute atomic E-state index is 11.8. The van der Waals surface area contributed by atoms with Gasteiger partial charge >= 0.3 is 0 Å². The summed E-state index contributed by atoms with van der Waals surface area (Å²) in [6, 6.07) is 3.74. The van der Waals surface area contributed by atoms with Gasteiger partial charge in [0.2, 0.25) is 0 Å². The number of hydroxylamine groups is 2. The molecule has 82 valence electrons. The molecule has 0 saturated carbocycles. The van der Waals surface area contributed by atoms with E-state index in [1.807, 2.05) is 26.0 Å². The van der Waals surface area contributed by atoms with E-state index in [1.165, 1.54) is 12.2 Å². The van der Waals surface area contributed by atoms with Gasteiger partial charge in [0.15, 0.2) is 0 Å². The van der Waals surface area contributed by atoms with Gasteiger partial charge in [0, 0.05) is 13.2 Å². The summed E-state index contributed by atoms with van der Waals surface area (Å²) in [4.78, 5) is 20.8. The largest absolute Gasteiger partial charge is 0.296 e. The minimum absolute atomic E-state index is 0.221. The molecule has 0 aliphatic carbocycles. The molecule has 1 aromatic heterocycles. The number of amides is 1. The van der Waals surface area contributed by atoms with Crippen LogP contribution in [0.3, 0.4) is 0 Å². The lowest BCUT2D eigenvalue weighted by Crippen LogP contribution is -2.27. The molecule has 1 aromatic rings. The third-order valence-corrected chi connectivity index (χ3v) is 2.22. The van der Waals surface area contributed by atoms with Crippen LogP contribution in [-0.2, 0) is 4.84 Å². The van der Waals surface area contributed by atoms with Crippen LogP contribution < -0.4 is 0 Å². The molecule has 1 heterocycles. The van der Waals surface area contributed by atoms with Crippen molar-refractivity contribution in [3.05, 3.63) is 29.6 Å². The van der Waals surface area contributed by atoms with Crippen molar-refractivity contribution in [3.63, 3.8) is 0 Å². The monoisotopic (exact) mass is 208 g/mol. The van der Waals surface area contributed by atoms with E-state index in [0.717, 1.165) is 5.56 Å². The van der Waals surface area contributed by atoms with Gasteiger partial charge in [-0.05, 0) is 17.5 Å². The SMILES string of the molecule is CON(C)C(=O)c1ncccc1C(C)C. The van der Waals surface area contributed by atoms with Crippen molar-refractivity contribution >= 4 is 5.91 Å². The van der Waals surface area contributed by atoms with Gasteiger partial charge in [0.25, 0.3) is 5.91 Å². The lowest BCUT2D eigenvalue weighted by Gasteiger charge is -2.16. The van der Waals surface area contributed by atoms with Crippen LogP contribution >= 0.6 is 0 Å². The lowest BCUT2D eigenvalue weighted by molar-refractivity contribution is -0.0761. The second kappa shape index (κ2) is 4.89. The molecule has 0 aromatic carbocycles. The molecule has 0 radical (unpaired) electrons. The van der Waals surface area contributed by atoms with Gasteiger partial charge in [-0.1, -0.05) is 19.9 Å². The zero-order valence-electron chi connectivity index (χ0n) is 9.52. The van der Waals surface area contributed by atoms with Crippen LogP contribution in [-0.4, -0.2) is 30.1 Å². The Morgan fingerprint density at radius 3 is 2.73 bits per heavy atom. The summed E-state index contributed by atoms with van der Waals surface area (Å²) in [7, 11) is 3.02. The zero-order chi connectivity index (χ0) is 11.4. The molecule has 0 saturated heterocycles. The number of carbonyl (C=O) groups excluding carboxylic acids is 1. The molecule has 0 aliphatic rings. The Balaban J connectivity index is 3.08. The first kappa shape index (κ1) is 11.7. The molecule has 0 unspecified atom stereocenters. The van der Waals surface area contributed by atoms with Crippen molar-refractivity contribution in [3.8, 4) is 0 Å². The van der Waals surface area contributed by atoms with Crippen LogP contribution in [0.15, 0.2) is 18.3 Å². The molecular weight excluding hydrogens is 192 g/mol. The summed E-state index contributed by atoms with van der Waals surface area (Å²) < 4.78 is 0. The van der Waals surface area contributed by atoms with Crippen LogP contribution in [0.25, 0.3) is 0 Å². The molecule has 0 N–H and O–H groups in total. The molecule has 4 heteroatoms. The van der Waals surface area contributed by atoms with E-state index in [-0.39, 0.29) is 11.8 Å². The molecule has 0 atom stereocenters. The molecule has 4 nitrogen and oxygen atoms in total.